The smallest absolute Gasteiger partial charge is 0.0930 e. The van der Waals surface area contributed by atoms with Gasteiger partial charge in [0.25, 0.3) is 0 Å². The van der Waals surface area contributed by atoms with Gasteiger partial charge in [0.15, 0.2) is 0 Å². The fourth-order valence-corrected chi connectivity index (χ4v) is 2.81. The van der Waals surface area contributed by atoms with Crippen molar-refractivity contribution in [3.8, 4) is 0 Å². The fraction of sp³-hybridized carbons (Fsp3) is 0.300. The molecule has 82 valence electrons. The number of rotatable bonds is 3. The van der Waals surface area contributed by atoms with Crippen molar-refractivity contribution >= 4 is 35.1 Å². The maximum atomic E-state index is 9.89. The van der Waals surface area contributed by atoms with Crippen LogP contribution in [-0.2, 0) is 6.42 Å². The summed E-state index contributed by atoms with van der Waals surface area (Å²) in [5.74, 6) is 0. The minimum Gasteiger partial charge on any atom is -0.387 e. The molecular formula is C10H12ClNOS2. The second kappa shape index (κ2) is 5.61. The van der Waals surface area contributed by atoms with E-state index in [9.17, 15) is 5.11 Å². The zero-order chi connectivity index (χ0) is 9.97. The lowest BCUT2D eigenvalue weighted by Crippen LogP contribution is -1.98. The van der Waals surface area contributed by atoms with Gasteiger partial charge in [0, 0.05) is 16.2 Å². The molecule has 2 nitrogen and oxygen atoms in total. The van der Waals surface area contributed by atoms with Crippen molar-refractivity contribution in [3.63, 3.8) is 0 Å². The molecule has 0 radical (unpaired) electrons. The first-order chi connectivity index (χ1) is 6.77. The highest BCUT2D eigenvalue weighted by atomic mass is 35.5. The molecule has 0 aromatic carbocycles. The number of nitrogens with zero attached hydrogens (tertiary/aromatic N) is 1. The minimum absolute atomic E-state index is 0. The quantitative estimate of drug-likeness (QED) is 0.920. The van der Waals surface area contributed by atoms with Gasteiger partial charge in [0.2, 0.25) is 0 Å². The summed E-state index contributed by atoms with van der Waals surface area (Å²) in [6, 6.07) is 3.93. The van der Waals surface area contributed by atoms with Gasteiger partial charge in [-0.05, 0) is 18.4 Å². The Hall–Kier alpha value is -0.420. The van der Waals surface area contributed by atoms with Gasteiger partial charge < -0.3 is 5.11 Å². The van der Waals surface area contributed by atoms with Crippen LogP contribution in [0.25, 0.3) is 0 Å². The number of hydrogen-bond donors (Lipinski definition) is 1. The Morgan fingerprint density at radius 3 is 2.80 bits per heavy atom. The largest absolute Gasteiger partial charge is 0.387 e. The van der Waals surface area contributed by atoms with Crippen LogP contribution in [0.5, 0.6) is 0 Å². The Kier molecular flexibility index (Phi) is 4.73. The predicted molar refractivity (Wildman–Crippen MR) is 67.1 cm³/mol. The zero-order valence-corrected chi connectivity index (χ0v) is 10.7. The van der Waals surface area contributed by atoms with Crippen LogP contribution in [0.3, 0.4) is 0 Å². The monoisotopic (exact) mass is 261 g/mol. The van der Waals surface area contributed by atoms with Gasteiger partial charge in [-0.3, -0.25) is 0 Å². The van der Waals surface area contributed by atoms with E-state index in [2.05, 4.69) is 4.98 Å². The molecule has 2 heterocycles. The molecule has 1 unspecified atom stereocenters. The molecule has 0 aliphatic rings. The summed E-state index contributed by atoms with van der Waals surface area (Å²) < 4.78 is 0. The number of hydrogen-bond acceptors (Lipinski definition) is 4. The lowest BCUT2D eigenvalue weighted by Gasteiger charge is -2.06. The normalized spacial score (nSPS) is 12.1. The summed E-state index contributed by atoms with van der Waals surface area (Å²) in [7, 11) is 0. The van der Waals surface area contributed by atoms with E-state index in [-0.39, 0.29) is 18.5 Å². The number of aryl methyl sites for hydroxylation is 1. The highest BCUT2D eigenvalue weighted by molar-refractivity contribution is 7.10. The average molecular weight is 262 g/mol. The molecule has 2 aromatic rings. The van der Waals surface area contributed by atoms with E-state index in [1.807, 2.05) is 29.9 Å². The number of halogens is 1. The molecular weight excluding hydrogens is 250 g/mol. The molecule has 0 fully saturated rings. The van der Waals surface area contributed by atoms with Crippen LogP contribution in [0.15, 0.2) is 23.0 Å². The predicted octanol–water partition coefficient (Wildman–Crippen LogP) is 3.21. The third kappa shape index (κ3) is 3.01. The fourth-order valence-electron chi connectivity index (χ4n) is 1.28. The average Bonchev–Trinajstić information content (AvgIpc) is 2.77. The Morgan fingerprint density at radius 1 is 1.47 bits per heavy atom. The summed E-state index contributed by atoms with van der Waals surface area (Å²) in [5.41, 5.74) is 2.86. The van der Waals surface area contributed by atoms with Crippen LogP contribution in [0.1, 0.15) is 21.6 Å². The SMILES string of the molecule is Cc1ncsc1CC(O)c1cccs1.Cl. The summed E-state index contributed by atoms with van der Waals surface area (Å²) >= 11 is 3.20. The van der Waals surface area contributed by atoms with Crippen LogP contribution in [0.4, 0.5) is 0 Å². The van der Waals surface area contributed by atoms with E-state index in [1.54, 1.807) is 22.7 Å². The molecule has 1 atom stereocenters. The number of aliphatic hydroxyl groups is 1. The number of thiophene rings is 1. The lowest BCUT2D eigenvalue weighted by atomic mass is 10.2. The third-order valence-electron chi connectivity index (χ3n) is 2.10. The van der Waals surface area contributed by atoms with E-state index >= 15 is 0 Å². The minimum atomic E-state index is -0.380. The lowest BCUT2D eigenvalue weighted by molar-refractivity contribution is 0.183. The van der Waals surface area contributed by atoms with E-state index in [1.165, 1.54) is 4.88 Å². The van der Waals surface area contributed by atoms with Crippen LogP contribution >= 0.6 is 35.1 Å². The van der Waals surface area contributed by atoms with E-state index < -0.39 is 0 Å². The van der Waals surface area contributed by atoms with E-state index in [4.69, 9.17) is 0 Å². The van der Waals surface area contributed by atoms with Crippen molar-refractivity contribution in [1.82, 2.24) is 4.98 Å². The first-order valence-electron chi connectivity index (χ1n) is 4.38. The standard InChI is InChI=1S/C10H11NOS2.ClH/c1-7-10(14-6-11-7)5-8(12)9-3-2-4-13-9;/h2-4,6,8,12H,5H2,1H3;1H. The molecule has 0 aliphatic carbocycles. The highest BCUT2D eigenvalue weighted by Crippen LogP contribution is 2.25. The number of aromatic nitrogens is 1. The first kappa shape index (κ1) is 12.6. The van der Waals surface area contributed by atoms with Gasteiger partial charge in [-0.15, -0.1) is 35.1 Å². The summed E-state index contributed by atoms with van der Waals surface area (Å²) in [6.07, 6.45) is 0.297. The summed E-state index contributed by atoms with van der Waals surface area (Å²) in [6.45, 7) is 1.98. The van der Waals surface area contributed by atoms with Crippen molar-refractivity contribution in [2.24, 2.45) is 0 Å². The second-order valence-electron chi connectivity index (χ2n) is 3.10. The Labute approximate surface area is 103 Å². The Morgan fingerprint density at radius 2 is 2.27 bits per heavy atom. The molecule has 0 saturated carbocycles. The summed E-state index contributed by atoms with van der Waals surface area (Å²) in [5, 5.41) is 11.9. The molecule has 0 amide bonds. The topological polar surface area (TPSA) is 33.1 Å². The van der Waals surface area contributed by atoms with Crippen molar-refractivity contribution in [1.29, 1.82) is 0 Å². The Bertz CT molecular complexity index is 399. The number of aliphatic hydroxyl groups excluding tert-OH is 1. The van der Waals surface area contributed by atoms with Crippen molar-refractivity contribution < 1.29 is 5.11 Å². The van der Waals surface area contributed by atoms with Crippen LogP contribution < -0.4 is 0 Å². The number of thiazole rings is 1. The maximum Gasteiger partial charge on any atom is 0.0930 e. The van der Waals surface area contributed by atoms with Crippen LogP contribution in [0, 0.1) is 6.92 Å². The van der Waals surface area contributed by atoms with Gasteiger partial charge in [0.1, 0.15) is 0 Å². The van der Waals surface area contributed by atoms with E-state index in [0.717, 1.165) is 10.6 Å². The molecule has 5 heteroatoms. The van der Waals surface area contributed by atoms with Crippen LogP contribution in [-0.4, -0.2) is 10.1 Å². The van der Waals surface area contributed by atoms with Crippen LogP contribution in [0.2, 0.25) is 0 Å². The molecule has 0 saturated heterocycles. The molecule has 1 N–H and O–H groups in total. The van der Waals surface area contributed by atoms with Gasteiger partial charge in [0.05, 0.1) is 17.3 Å². The molecule has 0 bridgehead atoms. The Balaban J connectivity index is 0.00000112. The second-order valence-corrected chi connectivity index (χ2v) is 5.01. The molecule has 15 heavy (non-hydrogen) atoms. The zero-order valence-electron chi connectivity index (χ0n) is 8.21. The molecule has 2 rings (SSSR count). The van der Waals surface area contributed by atoms with Gasteiger partial charge in [-0.2, -0.15) is 0 Å². The van der Waals surface area contributed by atoms with Gasteiger partial charge in [-0.25, -0.2) is 4.98 Å². The van der Waals surface area contributed by atoms with Crippen molar-refractivity contribution in [3.05, 3.63) is 38.5 Å². The van der Waals surface area contributed by atoms with Crippen molar-refractivity contribution in [2.45, 2.75) is 19.4 Å². The molecule has 0 aliphatic heterocycles. The van der Waals surface area contributed by atoms with Gasteiger partial charge in [-0.1, -0.05) is 6.07 Å². The highest BCUT2D eigenvalue weighted by Gasteiger charge is 2.12. The van der Waals surface area contributed by atoms with Gasteiger partial charge >= 0.3 is 0 Å². The molecule has 2 aromatic heterocycles. The molecule has 0 spiro atoms. The maximum absolute atomic E-state index is 9.89. The third-order valence-corrected chi connectivity index (χ3v) is 4.03. The van der Waals surface area contributed by atoms with E-state index in [0.29, 0.717) is 6.42 Å². The summed E-state index contributed by atoms with van der Waals surface area (Å²) in [4.78, 5) is 6.36. The first-order valence-corrected chi connectivity index (χ1v) is 6.13. The van der Waals surface area contributed by atoms with Crippen molar-refractivity contribution in [2.75, 3.05) is 0 Å².